The third kappa shape index (κ3) is 3.79. The predicted octanol–water partition coefficient (Wildman–Crippen LogP) is 2.54. The van der Waals surface area contributed by atoms with Gasteiger partial charge in [-0.15, -0.1) is 0 Å². The molecule has 1 atom stereocenters. The number of halogens is 1. The summed E-state index contributed by atoms with van der Waals surface area (Å²) >= 11 is 0. The van der Waals surface area contributed by atoms with Crippen LogP contribution in [0.15, 0.2) is 36.9 Å². The molecule has 2 rings (SSSR count). The van der Waals surface area contributed by atoms with Crippen molar-refractivity contribution in [1.82, 2.24) is 9.55 Å². The van der Waals surface area contributed by atoms with Crippen molar-refractivity contribution in [2.45, 2.75) is 26.0 Å². The molecule has 0 aliphatic rings. The Morgan fingerprint density at radius 2 is 2.32 bits per heavy atom. The van der Waals surface area contributed by atoms with E-state index in [1.165, 1.54) is 12.1 Å². The third-order valence-corrected chi connectivity index (χ3v) is 2.80. The predicted molar refractivity (Wildman–Crippen MR) is 69.4 cm³/mol. The van der Waals surface area contributed by atoms with E-state index in [4.69, 9.17) is 4.74 Å². The van der Waals surface area contributed by atoms with Crippen LogP contribution >= 0.6 is 0 Å². The molecule has 4 nitrogen and oxygen atoms in total. The van der Waals surface area contributed by atoms with Gasteiger partial charge in [-0.05, 0) is 25.5 Å². The van der Waals surface area contributed by atoms with Crippen LogP contribution in [0.2, 0.25) is 0 Å². The topological polar surface area (TPSA) is 47.3 Å². The molecule has 0 spiro atoms. The summed E-state index contributed by atoms with van der Waals surface area (Å²) in [5.74, 6) is 0.0367. The van der Waals surface area contributed by atoms with Crippen molar-refractivity contribution in [2.75, 3.05) is 6.61 Å². The SMILES string of the molecule is C[C@H](O)c1ccc(F)cc1OCCCn1ccnc1. The molecule has 1 N–H and O–H groups in total. The van der Waals surface area contributed by atoms with Gasteiger partial charge in [-0.25, -0.2) is 9.37 Å². The van der Waals surface area contributed by atoms with Crippen LogP contribution in [-0.4, -0.2) is 21.3 Å². The molecule has 0 amide bonds. The molecule has 102 valence electrons. The van der Waals surface area contributed by atoms with Gasteiger partial charge in [0.25, 0.3) is 0 Å². The Hall–Kier alpha value is -1.88. The zero-order valence-electron chi connectivity index (χ0n) is 10.8. The van der Waals surface area contributed by atoms with Gasteiger partial charge < -0.3 is 14.4 Å². The van der Waals surface area contributed by atoms with Crippen LogP contribution in [0.1, 0.15) is 25.0 Å². The van der Waals surface area contributed by atoms with Crippen LogP contribution in [0, 0.1) is 5.82 Å². The molecule has 0 saturated carbocycles. The van der Waals surface area contributed by atoms with Crippen LogP contribution in [0.3, 0.4) is 0 Å². The Balaban J connectivity index is 1.89. The minimum Gasteiger partial charge on any atom is -0.493 e. The van der Waals surface area contributed by atoms with Gasteiger partial charge in [0.15, 0.2) is 0 Å². The molecule has 0 bridgehead atoms. The van der Waals surface area contributed by atoms with Crippen LogP contribution < -0.4 is 4.74 Å². The number of hydrogen-bond donors (Lipinski definition) is 1. The quantitative estimate of drug-likeness (QED) is 0.816. The number of aromatic nitrogens is 2. The number of nitrogens with zero attached hydrogens (tertiary/aromatic N) is 2. The summed E-state index contributed by atoms with van der Waals surface area (Å²) in [4.78, 5) is 3.95. The lowest BCUT2D eigenvalue weighted by molar-refractivity contribution is 0.190. The second-order valence-electron chi connectivity index (χ2n) is 4.36. The first-order valence-corrected chi connectivity index (χ1v) is 6.23. The molecular weight excluding hydrogens is 247 g/mol. The number of aryl methyl sites for hydroxylation is 1. The van der Waals surface area contributed by atoms with Gasteiger partial charge in [-0.3, -0.25) is 0 Å². The molecule has 0 aliphatic heterocycles. The molecule has 2 aromatic rings. The third-order valence-electron chi connectivity index (χ3n) is 2.80. The Morgan fingerprint density at radius 1 is 1.47 bits per heavy atom. The molecule has 0 unspecified atom stereocenters. The van der Waals surface area contributed by atoms with Gasteiger partial charge in [-0.1, -0.05) is 0 Å². The molecule has 0 saturated heterocycles. The van der Waals surface area contributed by atoms with Crippen LogP contribution in [0.5, 0.6) is 5.75 Å². The van der Waals surface area contributed by atoms with E-state index < -0.39 is 6.10 Å². The first-order chi connectivity index (χ1) is 9.16. The fraction of sp³-hybridized carbons (Fsp3) is 0.357. The number of benzene rings is 1. The zero-order chi connectivity index (χ0) is 13.7. The van der Waals surface area contributed by atoms with Gasteiger partial charge in [0.05, 0.1) is 19.0 Å². The van der Waals surface area contributed by atoms with Gasteiger partial charge in [0.1, 0.15) is 11.6 Å². The van der Waals surface area contributed by atoms with E-state index in [9.17, 15) is 9.50 Å². The second-order valence-corrected chi connectivity index (χ2v) is 4.36. The number of hydrogen-bond acceptors (Lipinski definition) is 3. The summed E-state index contributed by atoms with van der Waals surface area (Å²) in [6.07, 6.45) is 5.45. The lowest BCUT2D eigenvalue weighted by Gasteiger charge is -2.13. The molecule has 0 fully saturated rings. The summed E-state index contributed by atoms with van der Waals surface area (Å²) in [6, 6.07) is 4.17. The van der Waals surface area contributed by atoms with E-state index in [1.54, 1.807) is 25.5 Å². The second kappa shape index (κ2) is 6.33. The molecular formula is C14H17FN2O2. The fourth-order valence-electron chi connectivity index (χ4n) is 1.83. The van der Waals surface area contributed by atoms with Crippen molar-refractivity contribution >= 4 is 0 Å². The minimum absolute atomic E-state index is 0.367. The Kier molecular flexibility index (Phi) is 4.52. The highest BCUT2D eigenvalue weighted by Gasteiger charge is 2.10. The van der Waals surface area contributed by atoms with Gasteiger partial charge >= 0.3 is 0 Å². The highest BCUT2D eigenvalue weighted by molar-refractivity contribution is 5.35. The Labute approximate surface area is 111 Å². The van der Waals surface area contributed by atoms with E-state index >= 15 is 0 Å². The number of aliphatic hydroxyl groups excluding tert-OH is 1. The molecule has 1 heterocycles. The molecule has 0 aliphatic carbocycles. The maximum Gasteiger partial charge on any atom is 0.127 e. The lowest BCUT2D eigenvalue weighted by Crippen LogP contribution is -2.06. The number of ether oxygens (including phenoxy) is 1. The largest absolute Gasteiger partial charge is 0.493 e. The Bertz CT molecular complexity index is 512. The summed E-state index contributed by atoms with van der Waals surface area (Å²) in [5.41, 5.74) is 0.601. The lowest BCUT2D eigenvalue weighted by atomic mass is 10.1. The number of imidazole rings is 1. The van der Waals surface area contributed by atoms with Crippen LogP contribution in [-0.2, 0) is 6.54 Å². The van der Waals surface area contributed by atoms with E-state index in [0.29, 0.717) is 17.9 Å². The summed E-state index contributed by atoms with van der Waals surface area (Å²) in [5, 5.41) is 9.59. The zero-order valence-corrected chi connectivity index (χ0v) is 10.8. The highest BCUT2D eigenvalue weighted by Crippen LogP contribution is 2.26. The molecule has 1 aromatic heterocycles. The standard InChI is InChI=1S/C14H17FN2O2/c1-11(18)13-4-3-12(15)9-14(13)19-8-2-6-17-7-5-16-10-17/h3-5,7,9-11,18H,2,6,8H2,1H3/t11-/m0/s1. The highest BCUT2D eigenvalue weighted by atomic mass is 19.1. The van der Waals surface area contributed by atoms with Crippen molar-refractivity contribution in [3.05, 3.63) is 48.3 Å². The molecule has 5 heteroatoms. The molecule has 19 heavy (non-hydrogen) atoms. The maximum atomic E-state index is 13.2. The van der Waals surface area contributed by atoms with Gasteiger partial charge in [-0.2, -0.15) is 0 Å². The monoisotopic (exact) mass is 264 g/mol. The van der Waals surface area contributed by atoms with Gasteiger partial charge in [0, 0.05) is 30.6 Å². The van der Waals surface area contributed by atoms with Crippen molar-refractivity contribution < 1.29 is 14.2 Å². The van der Waals surface area contributed by atoms with E-state index in [2.05, 4.69) is 4.98 Å². The minimum atomic E-state index is -0.677. The van der Waals surface area contributed by atoms with Crippen molar-refractivity contribution in [3.63, 3.8) is 0 Å². The summed E-state index contributed by atoms with van der Waals surface area (Å²) < 4.78 is 20.7. The van der Waals surface area contributed by atoms with Crippen molar-refractivity contribution in [2.24, 2.45) is 0 Å². The summed E-state index contributed by atoms with van der Waals surface area (Å²) in [6.45, 7) is 2.88. The normalized spacial score (nSPS) is 12.4. The Morgan fingerprint density at radius 3 is 3.00 bits per heavy atom. The first-order valence-electron chi connectivity index (χ1n) is 6.23. The van der Waals surface area contributed by atoms with Crippen LogP contribution in [0.4, 0.5) is 4.39 Å². The van der Waals surface area contributed by atoms with E-state index in [0.717, 1.165) is 13.0 Å². The first kappa shape index (κ1) is 13.5. The van der Waals surface area contributed by atoms with Crippen LogP contribution in [0.25, 0.3) is 0 Å². The maximum absolute atomic E-state index is 13.2. The smallest absolute Gasteiger partial charge is 0.127 e. The number of rotatable bonds is 6. The van der Waals surface area contributed by atoms with Gasteiger partial charge in [0.2, 0.25) is 0 Å². The van der Waals surface area contributed by atoms with Crippen molar-refractivity contribution in [1.29, 1.82) is 0 Å². The number of aliphatic hydroxyl groups is 1. The molecule has 1 aromatic carbocycles. The fourth-order valence-corrected chi connectivity index (χ4v) is 1.83. The average Bonchev–Trinajstić information content (AvgIpc) is 2.87. The molecule has 0 radical (unpaired) electrons. The average molecular weight is 264 g/mol. The summed E-state index contributed by atoms with van der Waals surface area (Å²) in [7, 11) is 0. The van der Waals surface area contributed by atoms with E-state index in [1.807, 2.05) is 10.8 Å². The van der Waals surface area contributed by atoms with E-state index in [-0.39, 0.29) is 5.82 Å². The van der Waals surface area contributed by atoms with Crippen molar-refractivity contribution in [3.8, 4) is 5.75 Å².